The van der Waals surface area contributed by atoms with Crippen LogP contribution in [0.5, 0.6) is 0 Å². The molecule has 2 amide bonds. The van der Waals surface area contributed by atoms with E-state index in [0.29, 0.717) is 9.75 Å². The molecule has 128 valence electrons. The Morgan fingerprint density at radius 2 is 1.88 bits per heavy atom. The van der Waals surface area contributed by atoms with Crippen molar-refractivity contribution in [1.82, 2.24) is 20.2 Å². The summed E-state index contributed by atoms with van der Waals surface area (Å²) in [5.41, 5.74) is 6.97. The van der Waals surface area contributed by atoms with Gasteiger partial charge in [-0.05, 0) is 31.0 Å². The first kappa shape index (κ1) is 16.2. The Balaban J connectivity index is 1.47. The summed E-state index contributed by atoms with van der Waals surface area (Å²) >= 11 is 4.31. The lowest BCUT2D eigenvalue weighted by Crippen LogP contribution is -2.41. The minimum Gasteiger partial charge on any atom is -0.289 e. The third-order valence-corrected chi connectivity index (χ3v) is 6.97. The number of hydrogen-bond donors (Lipinski definition) is 2. The van der Waals surface area contributed by atoms with E-state index in [1.165, 1.54) is 27.6 Å². The highest BCUT2D eigenvalue weighted by Gasteiger charge is 2.17. The molecule has 4 rings (SSSR count). The van der Waals surface area contributed by atoms with Crippen molar-refractivity contribution in [2.45, 2.75) is 20.3 Å². The second kappa shape index (κ2) is 6.25. The van der Waals surface area contributed by atoms with E-state index in [2.05, 4.69) is 22.8 Å². The van der Waals surface area contributed by atoms with Crippen molar-refractivity contribution in [3.05, 3.63) is 43.9 Å². The number of carbonyl (C=O) groups excluding carboxylic acids is 2. The molecule has 9 heteroatoms. The zero-order valence-corrected chi connectivity index (χ0v) is 15.9. The van der Waals surface area contributed by atoms with Gasteiger partial charge in [0.1, 0.15) is 4.83 Å². The van der Waals surface area contributed by atoms with E-state index in [9.17, 15) is 9.59 Å². The van der Waals surface area contributed by atoms with Gasteiger partial charge < -0.3 is 0 Å². The molecular formula is C16H14N4O2S3. The molecule has 0 radical (unpaired) electrons. The van der Waals surface area contributed by atoms with E-state index in [1.807, 2.05) is 29.0 Å². The maximum atomic E-state index is 12.3. The molecule has 0 bridgehead atoms. The van der Waals surface area contributed by atoms with Crippen LogP contribution in [0.15, 0.2) is 23.7 Å². The van der Waals surface area contributed by atoms with Crippen molar-refractivity contribution >= 4 is 61.1 Å². The highest BCUT2D eigenvalue weighted by molar-refractivity contribution is 7.21. The molecule has 0 unspecified atom stereocenters. The lowest BCUT2D eigenvalue weighted by molar-refractivity contribution is 0.0851. The largest absolute Gasteiger partial charge is 0.289 e. The topological polar surface area (TPSA) is 75.5 Å². The Labute approximate surface area is 155 Å². The number of hydrogen-bond acceptors (Lipinski definition) is 6. The number of amides is 2. The van der Waals surface area contributed by atoms with Gasteiger partial charge in [0.15, 0.2) is 4.96 Å². The first-order valence-corrected chi connectivity index (χ1v) is 10.1. The second-order valence-corrected chi connectivity index (χ2v) is 8.49. The fourth-order valence-corrected chi connectivity index (χ4v) is 5.28. The fourth-order valence-electron chi connectivity index (χ4n) is 2.58. The molecule has 25 heavy (non-hydrogen) atoms. The molecule has 0 saturated carbocycles. The molecule has 4 aromatic heterocycles. The van der Waals surface area contributed by atoms with E-state index in [0.717, 1.165) is 27.3 Å². The zero-order chi connectivity index (χ0) is 17.6. The van der Waals surface area contributed by atoms with Crippen molar-refractivity contribution < 1.29 is 9.59 Å². The Morgan fingerprint density at radius 1 is 1.16 bits per heavy atom. The van der Waals surface area contributed by atoms with Gasteiger partial charge in [-0.15, -0.1) is 34.0 Å². The van der Waals surface area contributed by atoms with Crippen LogP contribution in [-0.2, 0) is 6.42 Å². The summed E-state index contributed by atoms with van der Waals surface area (Å²) < 4.78 is 1.95. The highest BCUT2D eigenvalue weighted by Crippen LogP contribution is 2.28. The summed E-state index contributed by atoms with van der Waals surface area (Å²) in [6.45, 7) is 4.04. The smallest absolute Gasteiger partial charge is 0.279 e. The van der Waals surface area contributed by atoms with Gasteiger partial charge in [-0.25, -0.2) is 4.98 Å². The average molecular weight is 391 g/mol. The van der Waals surface area contributed by atoms with Crippen molar-refractivity contribution in [2.24, 2.45) is 0 Å². The van der Waals surface area contributed by atoms with Gasteiger partial charge in [0, 0.05) is 16.5 Å². The minimum atomic E-state index is -0.343. The number of aryl methyl sites for hydroxylation is 2. The van der Waals surface area contributed by atoms with Crippen molar-refractivity contribution in [2.75, 3.05) is 0 Å². The average Bonchev–Trinajstić information content (AvgIpc) is 3.32. The number of fused-ring (bicyclic) bond motifs is 3. The number of thiophene rings is 2. The van der Waals surface area contributed by atoms with Gasteiger partial charge in [0.25, 0.3) is 11.8 Å². The number of rotatable bonds is 3. The van der Waals surface area contributed by atoms with Gasteiger partial charge in [0.2, 0.25) is 0 Å². The summed E-state index contributed by atoms with van der Waals surface area (Å²) in [4.78, 5) is 33.0. The Bertz CT molecular complexity index is 1100. The zero-order valence-electron chi connectivity index (χ0n) is 13.5. The molecule has 4 heterocycles. The van der Waals surface area contributed by atoms with Crippen LogP contribution in [0.25, 0.3) is 15.3 Å². The highest BCUT2D eigenvalue weighted by atomic mass is 32.1. The molecule has 0 atom stereocenters. The number of thiazole rings is 1. The second-order valence-electron chi connectivity index (χ2n) is 5.45. The Kier molecular flexibility index (Phi) is 4.06. The van der Waals surface area contributed by atoms with Crippen LogP contribution in [-0.4, -0.2) is 21.2 Å². The van der Waals surface area contributed by atoms with E-state index in [1.54, 1.807) is 17.4 Å². The van der Waals surface area contributed by atoms with Crippen LogP contribution in [0.1, 0.15) is 36.7 Å². The number of carbonyl (C=O) groups is 2. The molecule has 0 saturated heterocycles. The molecule has 0 aliphatic rings. The first-order chi connectivity index (χ1) is 12.1. The minimum absolute atomic E-state index is 0.301. The van der Waals surface area contributed by atoms with Crippen LogP contribution in [0, 0.1) is 6.92 Å². The number of aromatic nitrogens is 2. The number of nitrogens with one attached hydrogen (secondary N) is 2. The predicted molar refractivity (Wildman–Crippen MR) is 102 cm³/mol. The Morgan fingerprint density at radius 3 is 2.56 bits per heavy atom. The molecule has 0 aliphatic heterocycles. The van der Waals surface area contributed by atoms with Gasteiger partial charge in [0.05, 0.1) is 15.3 Å². The number of nitrogens with zero attached hydrogens (tertiary/aromatic N) is 2. The van der Waals surface area contributed by atoms with Gasteiger partial charge in [-0.2, -0.15) is 0 Å². The lowest BCUT2D eigenvalue weighted by Gasteiger charge is -2.04. The number of imidazole rings is 1. The van der Waals surface area contributed by atoms with Crippen molar-refractivity contribution in [3.8, 4) is 0 Å². The normalized spacial score (nSPS) is 11.3. The van der Waals surface area contributed by atoms with Crippen LogP contribution in [0.3, 0.4) is 0 Å². The maximum Gasteiger partial charge on any atom is 0.279 e. The molecular weight excluding hydrogens is 376 g/mol. The fraction of sp³-hybridized carbons (Fsp3) is 0.188. The molecule has 0 fully saturated rings. The SMILES string of the molecule is CCc1sc(C(=O)NNC(=O)c2cc3c(nc4sccn43)s2)cc1C. The quantitative estimate of drug-likeness (QED) is 0.525. The van der Waals surface area contributed by atoms with E-state index in [4.69, 9.17) is 0 Å². The summed E-state index contributed by atoms with van der Waals surface area (Å²) in [5, 5.41) is 1.95. The van der Waals surface area contributed by atoms with Gasteiger partial charge in [-0.3, -0.25) is 24.8 Å². The van der Waals surface area contributed by atoms with E-state index in [-0.39, 0.29) is 11.8 Å². The van der Waals surface area contributed by atoms with Gasteiger partial charge in [-0.1, -0.05) is 6.92 Å². The predicted octanol–water partition coefficient (Wildman–Crippen LogP) is 3.62. The summed E-state index contributed by atoms with van der Waals surface area (Å²) in [6, 6.07) is 3.64. The van der Waals surface area contributed by atoms with Crippen LogP contribution >= 0.6 is 34.0 Å². The van der Waals surface area contributed by atoms with Crippen LogP contribution in [0.4, 0.5) is 0 Å². The lowest BCUT2D eigenvalue weighted by atomic mass is 10.2. The summed E-state index contributed by atoms with van der Waals surface area (Å²) in [6.07, 6.45) is 2.82. The van der Waals surface area contributed by atoms with E-state index < -0.39 is 0 Å². The van der Waals surface area contributed by atoms with Gasteiger partial charge >= 0.3 is 0 Å². The maximum absolute atomic E-state index is 12.3. The summed E-state index contributed by atoms with van der Waals surface area (Å²) in [7, 11) is 0. The van der Waals surface area contributed by atoms with Crippen molar-refractivity contribution in [1.29, 1.82) is 0 Å². The standard InChI is InChI=1S/C16H14N4O2S3/c1-3-10-8(2)6-11(24-10)13(21)18-19-14(22)12-7-9-15(25-12)17-16-20(9)4-5-23-16/h4-7H,3H2,1-2H3,(H,18,21)(H,19,22). The molecule has 0 aromatic carbocycles. The Hall–Kier alpha value is -2.23. The summed E-state index contributed by atoms with van der Waals surface area (Å²) in [5.74, 6) is -0.645. The van der Waals surface area contributed by atoms with Crippen molar-refractivity contribution in [3.63, 3.8) is 0 Å². The monoisotopic (exact) mass is 390 g/mol. The molecule has 4 aromatic rings. The molecule has 0 spiro atoms. The molecule has 0 aliphatic carbocycles. The number of hydrazine groups is 1. The first-order valence-electron chi connectivity index (χ1n) is 7.62. The van der Waals surface area contributed by atoms with E-state index >= 15 is 0 Å². The third kappa shape index (κ3) is 2.84. The van der Waals surface area contributed by atoms with Crippen LogP contribution in [0.2, 0.25) is 0 Å². The molecule has 2 N–H and O–H groups in total. The molecule has 6 nitrogen and oxygen atoms in total. The third-order valence-electron chi connectivity index (χ3n) is 3.82. The van der Waals surface area contributed by atoms with Crippen LogP contribution < -0.4 is 10.9 Å².